The van der Waals surface area contributed by atoms with Crippen molar-refractivity contribution in [3.8, 4) is 0 Å². The number of aromatic nitrogens is 1. The molecule has 2 aromatic carbocycles. The molecule has 1 atom stereocenters. The second kappa shape index (κ2) is 8.75. The van der Waals surface area contributed by atoms with E-state index in [0.29, 0.717) is 22.5 Å². The minimum atomic E-state index is -0.809. The SMILES string of the molecule is COC(=O)C(Cc1ccccc1)NC(=O)CCn1c(=O)oc2cc(Cl)ccc21. The number of ether oxygens (including phenoxy) is 1. The van der Waals surface area contributed by atoms with Crippen molar-refractivity contribution in [3.05, 3.63) is 69.7 Å². The van der Waals surface area contributed by atoms with Gasteiger partial charge in [0.15, 0.2) is 5.58 Å². The number of esters is 1. The van der Waals surface area contributed by atoms with Crippen molar-refractivity contribution in [1.82, 2.24) is 9.88 Å². The number of carbonyl (C=O) groups is 2. The predicted octanol–water partition coefficient (Wildman–Crippen LogP) is 2.54. The van der Waals surface area contributed by atoms with E-state index < -0.39 is 17.8 Å². The Balaban J connectivity index is 1.67. The number of nitrogens with zero attached hydrogens (tertiary/aromatic N) is 1. The highest BCUT2D eigenvalue weighted by Crippen LogP contribution is 2.18. The van der Waals surface area contributed by atoms with Crippen molar-refractivity contribution in [2.45, 2.75) is 25.4 Å². The first-order valence-electron chi connectivity index (χ1n) is 8.68. The van der Waals surface area contributed by atoms with Crippen molar-refractivity contribution in [2.75, 3.05) is 7.11 Å². The van der Waals surface area contributed by atoms with Gasteiger partial charge in [-0.3, -0.25) is 9.36 Å². The van der Waals surface area contributed by atoms with Gasteiger partial charge in [-0.2, -0.15) is 0 Å². The Kier molecular flexibility index (Phi) is 6.16. The maximum Gasteiger partial charge on any atom is 0.419 e. The van der Waals surface area contributed by atoms with Crippen molar-refractivity contribution < 1.29 is 18.7 Å². The van der Waals surface area contributed by atoms with Crippen molar-refractivity contribution >= 4 is 34.6 Å². The highest BCUT2D eigenvalue weighted by atomic mass is 35.5. The van der Waals surface area contributed by atoms with Crippen LogP contribution in [-0.4, -0.2) is 29.6 Å². The number of benzene rings is 2. The normalized spacial score (nSPS) is 11.9. The van der Waals surface area contributed by atoms with E-state index in [-0.39, 0.29) is 18.9 Å². The standard InChI is InChI=1S/C20H19ClN2O5/c1-27-19(25)15(11-13-5-3-2-4-6-13)22-18(24)9-10-23-16-8-7-14(21)12-17(16)28-20(23)26/h2-8,12,15H,9-11H2,1H3,(H,22,24). The van der Waals surface area contributed by atoms with Crippen LogP contribution >= 0.6 is 11.6 Å². The zero-order valence-electron chi connectivity index (χ0n) is 15.2. The molecule has 0 saturated heterocycles. The number of amides is 1. The highest BCUT2D eigenvalue weighted by molar-refractivity contribution is 6.31. The molecule has 3 aromatic rings. The first kappa shape index (κ1) is 19.7. The maximum atomic E-state index is 12.4. The summed E-state index contributed by atoms with van der Waals surface area (Å²) in [6.45, 7) is 0.110. The zero-order chi connectivity index (χ0) is 20.1. The van der Waals surface area contributed by atoms with Crippen LogP contribution in [0.25, 0.3) is 11.1 Å². The molecule has 1 N–H and O–H groups in total. The van der Waals surface area contributed by atoms with E-state index in [1.54, 1.807) is 18.2 Å². The summed E-state index contributed by atoms with van der Waals surface area (Å²) in [5.74, 6) is -1.47. The molecule has 0 saturated carbocycles. The molecule has 0 radical (unpaired) electrons. The first-order chi connectivity index (χ1) is 13.5. The van der Waals surface area contributed by atoms with Gasteiger partial charge in [0.2, 0.25) is 5.91 Å². The molecule has 1 unspecified atom stereocenters. The number of nitrogens with one attached hydrogen (secondary N) is 1. The lowest BCUT2D eigenvalue weighted by atomic mass is 10.1. The Hall–Kier alpha value is -3.06. The fourth-order valence-corrected chi connectivity index (χ4v) is 3.08. The molecule has 1 amide bonds. The van der Waals surface area contributed by atoms with Crippen LogP contribution in [-0.2, 0) is 27.3 Å². The molecule has 0 bridgehead atoms. The maximum absolute atomic E-state index is 12.4. The van der Waals surface area contributed by atoms with Crippen molar-refractivity contribution in [3.63, 3.8) is 0 Å². The van der Waals surface area contributed by atoms with Crippen LogP contribution in [0.2, 0.25) is 5.02 Å². The molecule has 0 aliphatic carbocycles. The van der Waals surface area contributed by atoms with E-state index in [2.05, 4.69) is 5.32 Å². The molecule has 0 aliphatic heterocycles. The van der Waals surface area contributed by atoms with Crippen LogP contribution < -0.4 is 11.1 Å². The molecule has 1 heterocycles. The second-order valence-corrected chi connectivity index (χ2v) is 6.65. The summed E-state index contributed by atoms with van der Waals surface area (Å²) in [6, 6.07) is 13.3. The van der Waals surface area contributed by atoms with Gasteiger partial charge in [-0.1, -0.05) is 41.9 Å². The predicted molar refractivity (Wildman–Crippen MR) is 104 cm³/mol. The van der Waals surface area contributed by atoms with Gasteiger partial charge in [0, 0.05) is 30.5 Å². The Morgan fingerprint density at radius 1 is 1.21 bits per heavy atom. The summed E-state index contributed by atoms with van der Waals surface area (Å²) in [7, 11) is 1.27. The molecule has 28 heavy (non-hydrogen) atoms. The minimum absolute atomic E-state index is 0.000545. The number of aryl methyl sites for hydroxylation is 1. The van der Waals surface area contributed by atoms with Gasteiger partial charge < -0.3 is 14.5 Å². The third-order valence-electron chi connectivity index (χ3n) is 4.30. The van der Waals surface area contributed by atoms with Crippen LogP contribution in [0.4, 0.5) is 0 Å². The molecular formula is C20H19ClN2O5. The smallest absolute Gasteiger partial charge is 0.419 e. The first-order valence-corrected chi connectivity index (χ1v) is 9.05. The highest BCUT2D eigenvalue weighted by Gasteiger charge is 2.22. The second-order valence-electron chi connectivity index (χ2n) is 6.21. The van der Waals surface area contributed by atoms with Crippen molar-refractivity contribution in [2.24, 2.45) is 0 Å². The Morgan fingerprint density at radius 2 is 1.96 bits per heavy atom. The van der Waals surface area contributed by atoms with Crippen molar-refractivity contribution in [1.29, 1.82) is 0 Å². The fourth-order valence-electron chi connectivity index (χ4n) is 2.92. The lowest BCUT2D eigenvalue weighted by molar-refractivity contribution is -0.145. The fraction of sp³-hybridized carbons (Fsp3) is 0.250. The summed E-state index contributed by atoms with van der Waals surface area (Å²) < 4.78 is 11.3. The van der Waals surface area contributed by atoms with E-state index in [4.69, 9.17) is 20.8 Å². The van der Waals surface area contributed by atoms with Gasteiger partial charge in [0.05, 0.1) is 12.6 Å². The van der Waals surface area contributed by atoms with Crippen LogP contribution in [0.15, 0.2) is 57.7 Å². The van der Waals surface area contributed by atoms with Crippen LogP contribution in [0.5, 0.6) is 0 Å². The molecule has 7 nitrogen and oxygen atoms in total. The summed E-state index contributed by atoms with van der Waals surface area (Å²) >= 11 is 5.90. The van der Waals surface area contributed by atoms with Gasteiger partial charge in [0.1, 0.15) is 6.04 Å². The largest absolute Gasteiger partial charge is 0.467 e. The topological polar surface area (TPSA) is 90.5 Å². The van der Waals surface area contributed by atoms with Gasteiger partial charge in [-0.15, -0.1) is 0 Å². The van der Waals surface area contributed by atoms with Gasteiger partial charge >= 0.3 is 11.7 Å². The average Bonchev–Trinajstić information content (AvgIpc) is 3.00. The number of oxazole rings is 1. The lowest BCUT2D eigenvalue weighted by Crippen LogP contribution is -2.43. The molecule has 0 aliphatic rings. The third-order valence-corrected chi connectivity index (χ3v) is 4.53. The van der Waals surface area contributed by atoms with Crippen LogP contribution in [0, 0.1) is 0 Å². The number of halogens is 1. The van der Waals surface area contributed by atoms with E-state index in [9.17, 15) is 14.4 Å². The van der Waals surface area contributed by atoms with E-state index in [1.165, 1.54) is 11.7 Å². The van der Waals surface area contributed by atoms with Gasteiger partial charge in [-0.05, 0) is 17.7 Å². The number of fused-ring (bicyclic) bond motifs is 1. The molecule has 146 valence electrons. The molecule has 1 aromatic heterocycles. The van der Waals surface area contributed by atoms with Gasteiger partial charge in [0.25, 0.3) is 0 Å². The van der Waals surface area contributed by atoms with Crippen LogP contribution in [0.3, 0.4) is 0 Å². The Labute approximate surface area is 165 Å². The number of hydrogen-bond acceptors (Lipinski definition) is 5. The third kappa shape index (κ3) is 4.61. The lowest BCUT2D eigenvalue weighted by Gasteiger charge is -2.16. The summed E-state index contributed by atoms with van der Waals surface area (Å²) in [4.78, 5) is 36.4. The summed E-state index contributed by atoms with van der Waals surface area (Å²) in [5, 5.41) is 3.13. The number of carbonyl (C=O) groups excluding carboxylic acids is 2. The summed E-state index contributed by atoms with van der Waals surface area (Å²) in [6.07, 6.45) is 0.311. The molecule has 0 spiro atoms. The quantitative estimate of drug-likeness (QED) is 0.613. The van der Waals surface area contributed by atoms with Crippen LogP contribution in [0.1, 0.15) is 12.0 Å². The Bertz CT molecular complexity index is 1040. The number of hydrogen-bond donors (Lipinski definition) is 1. The van der Waals surface area contributed by atoms with E-state index >= 15 is 0 Å². The number of methoxy groups -OCH3 is 1. The molecule has 3 rings (SSSR count). The van der Waals surface area contributed by atoms with E-state index in [1.807, 2.05) is 30.3 Å². The molecule has 8 heteroatoms. The molecular weight excluding hydrogens is 384 g/mol. The minimum Gasteiger partial charge on any atom is -0.467 e. The Morgan fingerprint density at radius 3 is 2.68 bits per heavy atom. The number of rotatable bonds is 7. The monoisotopic (exact) mass is 402 g/mol. The zero-order valence-corrected chi connectivity index (χ0v) is 15.9. The summed E-state index contributed by atoms with van der Waals surface area (Å²) in [5.41, 5.74) is 1.80. The van der Waals surface area contributed by atoms with E-state index in [0.717, 1.165) is 5.56 Å². The average molecular weight is 403 g/mol. The van der Waals surface area contributed by atoms with Gasteiger partial charge in [-0.25, -0.2) is 9.59 Å². The molecule has 0 fully saturated rings.